The fraction of sp³-hybridized carbons (Fsp3) is 0.0909. The Morgan fingerprint density at radius 1 is 1.45 bits per heavy atom. The highest BCUT2D eigenvalue weighted by Gasteiger charge is 2.25. The number of hydrogen-bond donors (Lipinski definition) is 2. The minimum absolute atomic E-state index is 0.00464. The van der Waals surface area contributed by atoms with Gasteiger partial charge in [0.25, 0.3) is 0 Å². The van der Waals surface area contributed by atoms with Gasteiger partial charge in [-0.15, -0.1) is 0 Å². The van der Waals surface area contributed by atoms with Crippen molar-refractivity contribution in [2.75, 3.05) is 5.73 Å². The number of pyridine rings is 1. The van der Waals surface area contributed by atoms with Gasteiger partial charge in [-0.2, -0.15) is 0 Å². The van der Waals surface area contributed by atoms with Gasteiger partial charge in [-0.3, -0.25) is 4.79 Å². The van der Waals surface area contributed by atoms with Crippen LogP contribution in [-0.4, -0.2) is 27.0 Å². The molecule has 3 N–H and O–H groups in total. The number of aromatic carboxylic acids is 1. The molecule has 0 amide bonds. The average molecular weight is 361 g/mol. The van der Waals surface area contributed by atoms with Crippen LogP contribution in [0.4, 0.5) is 5.69 Å². The summed E-state index contributed by atoms with van der Waals surface area (Å²) < 4.78 is 4.83. The number of hydrogen-bond acceptors (Lipinski definition) is 6. The number of carbonyl (C=O) groups is 2. The van der Waals surface area contributed by atoms with Crippen molar-refractivity contribution < 1.29 is 19.2 Å². The zero-order valence-electron chi connectivity index (χ0n) is 9.98. The normalized spacial score (nSPS) is 10.6. The lowest BCUT2D eigenvalue weighted by molar-refractivity contribution is 0.0690. The summed E-state index contributed by atoms with van der Waals surface area (Å²) in [4.78, 5) is 27.1. The molecule has 2 heterocycles. The van der Waals surface area contributed by atoms with Gasteiger partial charge in [0.15, 0.2) is 10.3 Å². The molecule has 0 radical (unpaired) electrons. The van der Waals surface area contributed by atoms with E-state index in [9.17, 15) is 9.59 Å². The predicted octanol–water partition coefficient (Wildman–Crippen LogP) is 2.31. The number of carbonyl (C=O) groups excluding carboxylic acids is 1. The zero-order chi connectivity index (χ0) is 15.0. The molecule has 0 fully saturated rings. The number of nitrogens with two attached hydrogens (primary N) is 1. The largest absolute Gasteiger partial charge is 0.476 e. The molecule has 2 rings (SSSR count). The van der Waals surface area contributed by atoms with E-state index >= 15 is 0 Å². The topological polar surface area (TPSA) is 119 Å². The van der Waals surface area contributed by atoms with Crippen molar-refractivity contribution in [2.24, 2.45) is 0 Å². The molecule has 0 bridgehead atoms. The highest BCUT2D eigenvalue weighted by atomic mass is 79.9. The Hall–Kier alpha value is -1.93. The highest BCUT2D eigenvalue weighted by Crippen LogP contribution is 2.29. The number of nitrogen functional groups attached to an aromatic ring is 1. The molecule has 0 aliphatic heterocycles. The Balaban J connectivity index is 2.66. The third kappa shape index (κ3) is 2.27. The molecule has 0 aliphatic carbocycles. The van der Waals surface area contributed by atoms with Crippen LogP contribution in [0.5, 0.6) is 0 Å². The van der Waals surface area contributed by atoms with E-state index in [1.807, 2.05) is 0 Å². The van der Waals surface area contributed by atoms with Crippen LogP contribution in [0.25, 0.3) is 0 Å². The van der Waals surface area contributed by atoms with Gasteiger partial charge < -0.3 is 15.4 Å². The summed E-state index contributed by atoms with van der Waals surface area (Å²) in [5, 5.41) is 12.3. The van der Waals surface area contributed by atoms with Gasteiger partial charge in [-0.05, 0) is 22.9 Å². The first-order chi connectivity index (χ1) is 9.34. The Labute approximate surface area is 125 Å². The van der Waals surface area contributed by atoms with Gasteiger partial charge >= 0.3 is 5.97 Å². The molecular weight excluding hydrogens is 353 g/mol. The molecule has 0 atom stereocenters. The summed E-state index contributed by atoms with van der Waals surface area (Å²) in [6.45, 7) is 1.52. The Morgan fingerprint density at radius 2 is 2.10 bits per heavy atom. The van der Waals surface area contributed by atoms with Crippen LogP contribution in [0.3, 0.4) is 0 Å². The number of anilines is 1. The van der Waals surface area contributed by atoms with E-state index in [1.165, 1.54) is 6.92 Å². The molecule has 0 saturated heterocycles. The lowest BCUT2D eigenvalue weighted by Crippen LogP contribution is -2.14. The Kier molecular flexibility index (Phi) is 3.78. The van der Waals surface area contributed by atoms with Crippen LogP contribution in [0.15, 0.2) is 15.4 Å². The summed E-state index contributed by atoms with van der Waals surface area (Å²) in [6.07, 6.45) is 1.12. The summed E-state index contributed by atoms with van der Waals surface area (Å²) >= 11 is 8.85. The number of halogens is 2. The molecule has 2 aromatic rings. The molecule has 0 aromatic carbocycles. The van der Waals surface area contributed by atoms with Gasteiger partial charge in [0.05, 0.1) is 16.3 Å². The maximum atomic E-state index is 12.3. The van der Waals surface area contributed by atoms with Crippen molar-refractivity contribution in [1.29, 1.82) is 0 Å². The van der Waals surface area contributed by atoms with E-state index in [2.05, 4.69) is 30.6 Å². The van der Waals surface area contributed by atoms with Crippen LogP contribution in [-0.2, 0) is 0 Å². The maximum Gasteiger partial charge on any atom is 0.356 e. The maximum absolute atomic E-state index is 12.3. The minimum Gasteiger partial charge on any atom is -0.476 e. The number of nitrogens with zero attached hydrogens (tertiary/aromatic N) is 2. The van der Waals surface area contributed by atoms with Crippen molar-refractivity contribution in [3.8, 4) is 0 Å². The average Bonchev–Trinajstić information content (AvgIpc) is 2.81. The number of carboxylic acids is 1. The number of ketones is 1. The molecule has 0 saturated carbocycles. The standard InChI is InChI=1S/C11H7BrClN3O4/c1-3-6(14)5(13)8(11(18)19)15-7(3)9(17)4-2-20-16-10(4)12/h2H,1H3,(H2,14,15)(H,18,19). The van der Waals surface area contributed by atoms with E-state index in [-0.39, 0.29) is 32.1 Å². The van der Waals surface area contributed by atoms with Gasteiger partial charge in [-0.25, -0.2) is 9.78 Å². The van der Waals surface area contributed by atoms with Crippen molar-refractivity contribution in [3.63, 3.8) is 0 Å². The summed E-state index contributed by atoms with van der Waals surface area (Å²) in [5.41, 5.74) is 5.51. The van der Waals surface area contributed by atoms with Gasteiger partial charge in [-0.1, -0.05) is 16.8 Å². The van der Waals surface area contributed by atoms with Crippen molar-refractivity contribution in [3.05, 3.63) is 38.4 Å². The number of carboxylic acid groups (broad SMARTS) is 1. The van der Waals surface area contributed by atoms with E-state index < -0.39 is 17.4 Å². The summed E-state index contributed by atoms with van der Waals surface area (Å²) in [7, 11) is 0. The summed E-state index contributed by atoms with van der Waals surface area (Å²) in [6, 6.07) is 0. The molecule has 0 unspecified atom stereocenters. The van der Waals surface area contributed by atoms with Crippen LogP contribution >= 0.6 is 27.5 Å². The zero-order valence-corrected chi connectivity index (χ0v) is 12.3. The number of aromatic nitrogens is 2. The molecule has 7 nitrogen and oxygen atoms in total. The fourth-order valence-electron chi connectivity index (χ4n) is 1.53. The third-order valence-corrected chi connectivity index (χ3v) is 3.57. The highest BCUT2D eigenvalue weighted by molar-refractivity contribution is 9.10. The first kappa shape index (κ1) is 14.5. The monoisotopic (exact) mass is 359 g/mol. The van der Waals surface area contributed by atoms with Gasteiger partial charge in [0, 0.05) is 5.56 Å². The molecule has 104 valence electrons. The van der Waals surface area contributed by atoms with Crippen molar-refractivity contribution in [1.82, 2.24) is 10.1 Å². The lowest BCUT2D eigenvalue weighted by Gasteiger charge is -2.10. The van der Waals surface area contributed by atoms with Crippen molar-refractivity contribution >= 4 is 45.0 Å². The lowest BCUT2D eigenvalue weighted by atomic mass is 10.1. The van der Waals surface area contributed by atoms with E-state index in [0.717, 1.165) is 6.26 Å². The van der Waals surface area contributed by atoms with Crippen molar-refractivity contribution in [2.45, 2.75) is 6.92 Å². The first-order valence-corrected chi connectivity index (χ1v) is 6.35. The van der Waals surface area contributed by atoms with Gasteiger partial charge in [0.1, 0.15) is 12.0 Å². The third-order valence-electron chi connectivity index (χ3n) is 2.62. The minimum atomic E-state index is -1.37. The van der Waals surface area contributed by atoms with Crippen LogP contribution in [0, 0.1) is 6.92 Å². The second-order valence-corrected chi connectivity index (χ2v) is 4.94. The molecule has 2 aromatic heterocycles. The first-order valence-electron chi connectivity index (χ1n) is 5.18. The summed E-state index contributed by atoms with van der Waals surface area (Å²) in [5.74, 6) is -1.94. The van der Waals surface area contributed by atoms with Gasteiger partial charge in [0.2, 0.25) is 5.78 Å². The van der Waals surface area contributed by atoms with E-state index in [1.54, 1.807) is 0 Å². The van der Waals surface area contributed by atoms with Crippen LogP contribution in [0.1, 0.15) is 32.1 Å². The molecule has 9 heteroatoms. The molecule has 20 heavy (non-hydrogen) atoms. The van der Waals surface area contributed by atoms with E-state index in [0.29, 0.717) is 0 Å². The SMILES string of the molecule is Cc1c(C(=O)c2conc2Br)nc(C(=O)O)c(Cl)c1N. The quantitative estimate of drug-likeness (QED) is 0.806. The molecule has 0 spiro atoms. The predicted molar refractivity (Wildman–Crippen MR) is 73.0 cm³/mol. The second-order valence-electron chi connectivity index (χ2n) is 3.81. The second kappa shape index (κ2) is 5.22. The number of rotatable bonds is 3. The molecular formula is C11H7BrClN3O4. The van der Waals surface area contributed by atoms with Crippen LogP contribution < -0.4 is 5.73 Å². The molecule has 0 aliphatic rings. The fourth-order valence-corrected chi connectivity index (χ4v) is 2.15. The van der Waals surface area contributed by atoms with Crippen LogP contribution in [0.2, 0.25) is 5.02 Å². The Morgan fingerprint density at radius 3 is 2.60 bits per heavy atom. The smallest absolute Gasteiger partial charge is 0.356 e. The Bertz CT molecular complexity index is 729. The van der Waals surface area contributed by atoms with E-state index in [4.69, 9.17) is 22.4 Å².